The normalized spacial score (nSPS) is 16.5. The van der Waals surface area contributed by atoms with Crippen LogP contribution in [0.5, 0.6) is 0 Å². The molecule has 0 radical (unpaired) electrons. The molecular weight excluding hydrogens is 1150 g/mol. The lowest BCUT2D eigenvalue weighted by atomic mass is 9.76. The molecule has 0 spiro atoms. The Balaban J connectivity index is 0.974. The zero-order valence-electron chi connectivity index (χ0n) is 53.7. The molecule has 0 saturated heterocycles. The molecule has 2 heterocycles. The molecule has 7 rings (SSSR count). The Morgan fingerprint density at radius 1 is 0.811 bits per heavy atom. The number of carboxylic acids is 1. The van der Waals surface area contributed by atoms with Crippen LogP contribution in [0.15, 0.2) is 120 Å². The number of amides is 9. The summed E-state index contributed by atoms with van der Waals surface area (Å²) in [6, 6.07) is 15.4. The zero-order chi connectivity index (χ0) is 66.1. The zero-order valence-corrected chi connectivity index (χ0v) is 53.7. The van der Waals surface area contributed by atoms with Crippen molar-refractivity contribution < 1.29 is 53.0 Å². The molecule has 1 aliphatic heterocycles. The molecule has 0 fully saturated rings. The average Bonchev–Trinajstić information content (AvgIpc) is 1.59. The van der Waals surface area contributed by atoms with Crippen LogP contribution in [0.3, 0.4) is 0 Å². The van der Waals surface area contributed by atoms with Crippen molar-refractivity contribution in [2.75, 3.05) is 30.9 Å². The highest BCUT2D eigenvalue weighted by atomic mass is 16.6. The molecule has 4 aromatic rings. The molecule has 22 heteroatoms. The highest BCUT2D eigenvalue weighted by Crippen LogP contribution is 2.45. The lowest BCUT2D eigenvalue weighted by molar-refractivity contribution is -0.141. The Morgan fingerprint density at radius 2 is 1.49 bits per heavy atom. The molecular formula is C68H87N11O11. The summed E-state index contributed by atoms with van der Waals surface area (Å²) in [6.45, 7) is 18.7. The number of primary amides is 1. The lowest BCUT2D eigenvalue weighted by Gasteiger charge is -2.39. The van der Waals surface area contributed by atoms with Crippen LogP contribution >= 0.6 is 0 Å². The number of likely N-dealkylation sites (N-methyl/N-ethyl adjacent to an activating group) is 2. The van der Waals surface area contributed by atoms with E-state index in [1.165, 1.54) is 11.8 Å². The smallest absolute Gasteiger partial charge is 0.416 e. The fourth-order valence-corrected chi connectivity index (χ4v) is 11.5. The molecule has 1 aromatic heterocycles. The van der Waals surface area contributed by atoms with Crippen molar-refractivity contribution in [1.29, 1.82) is 0 Å². The van der Waals surface area contributed by atoms with Crippen molar-refractivity contribution in [2.24, 2.45) is 36.0 Å². The number of aliphatic carboxylic acids is 1. The van der Waals surface area contributed by atoms with Gasteiger partial charge in [0.15, 0.2) is 0 Å². The number of nitrogens with two attached hydrogens (primary N) is 1. The summed E-state index contributed by atoms with van der Waals surface area (Å²) in [6.07, 6.45) is 11.8. The van der Waals surface area contributed by atoms with Crippen molar-refractivity contribution >= 4 is 88.0 Å². The quantitative estimate of drug-likeness (QED) is 0.0228. The van der Waals surface area contributed by atoms with Gasteiger partial charge in [0.25, 0.3) is 0 Å². The van der Waals surface area contributed by atoms with E-state index < -0.39 is 88.7 Å². The van der Waals surface area contributed by atoms with Crippen LogP contribution in [0.25, 0.3) is 23.1 Å². The molecule has 0 bridgehead atoms. The maximum atomic E-state index is 14.4. The number of rotatable bonds is 25. The minimum absolute atomic E-state index is 0.0798. The Hall–Kier alpha value is -9.31. The molecule has 6 atom stereocenters. The van der Waals surface area contributed by atoms with Gasteiger partial charge >= 0.3 is 18.1 Å². The molecule has 3 aromatic carbocycles. The van der Waals surface area contributed by atoms with Crippen molar-refractivity contribution in [3.8, 4) is 0 Å². The number of carbonyl (C=O) groups is 9. The number of nitrogens with one attached hydrogen (secondary N) is 7. The van der Waals surface area contributed by atoms with E-state index in [9.17, 15) is 48.3 Å². The van der Waals surface area contributed by atoms with E-state index in [0.717, 1.165) is 33.2 Å². The number of fused-ring (bicyclic) bond motifs is 4. The SMILES string of the molecule is CN[C@@H](C(=O)N[C@H](C(=O)N(C)[C@H](/C=C(\C)C(=O)O)C(C)C)C(C)(C)C)C(C)(C)c1cn(C)c2cc(NC(=O)OC3=C4C=C(NC(=O)[C@H](CCCNC(N)=O)NC(=O)[C@@H](NC(=O)CCC(=O)N5Cc6ccccc6/C=C\c6ccccc65)C(C)C)C=CC43)ccc12. The van der Waals surface area contributed by atoms with Crippen LogP contribution in [-0.2, 0) is 57.3 Å². The second-order valence-electron chi connectivity index (χ2n) is 25.6. The third-order valence-electron chi connectivity index (χ3n) is 16.7. The van der Waals surface area contributed by atoms with Gasteiger partial charge in [0.1, 0.15) is 23.9 Å². The molecule has 9 amide bonds. The number of urea groups is 1. The van der Waals surface area contributed by atoms with Gasteiger partial charge < -0.3 is 61.8 Å². The maximum Gasteiger partial charge on any atom is 0.416 e. The summed E-state index contributed by atoms with van der Waals surface area (Å²) in [7, 11) is 5.15. The number of ether oxygens (including phenoxy) is 1. The predicted molar refractivity (Wildman–Crippen MR) is 347 cm³/mol. The summed E-state index contributed by atoms with van der Waals surface area (Å²) in [4.78, 5) is 124. The van der Waals surface area contributed by atoms with Crippen molar-refractivity contribution in [2.45, 2.75) is 137 Å². The first-order chi connectivity index (χ1) is 42.4. The largest absolute Gasteiger partial charge is 0.478 e. The van der Waals surface area contributed by atoms with Gasteiger partial charge in [-0.2, -0.15) is 0 Å². The predicted octanol–water partition coefficient (Wildman–Crippen LogP) is 7.66. The van der Waals surface area contributed by atoms with Crippen molar-refractivity contribution in [3.63, 3.8) is 0 Å². The maximum absolute atomic E-state index is 14.4. The number of carbonyl (C=O) groups excluding carboxylic acids is 8. The minimum atomic E-state index is -1.13. The molecule has 480 valence electrons. The molecule has 2 aliphatic carbocycles. The Labute approximate surface area is 526 Å². The van der Waals surface area contributed by atoms with Crippen LogP contribution in [-0.4, -0.2) is 119 Å². The van der Waals surface area contributed by atoms with Gasteiger partial charge in [-0.15, -0.1) is 0 Å². The van der Waals surface area contributed by atoms with E-state index in [-0.39, 0.29) is 61.5 Å². The number of allylic oxidation sites excluding steroid dienone is 4. The molecule has 10 N–H and O–H groups in total. The molecule has 3 aliphatic rings. The van der Waals surface area contributed by atoms with E-state index in [2.05, 4.69) is 37.2 Å². The summed E-state index contributed by atoms with van der Waals surface area (Å²) in [5.41, 5.74) is 10.3. The van der Waals surface area contributed by atoms with Gasteiger partial charge in [0.2, 0.25) is 35.4 Å². The minimum Gasteiger partial charge on any atom is -0.478 e. The van der Waals surface area contributed by atoms with E-state index in [0.29, 0.717) is 34.9 Å². The fraction of sp³-hybridized carbons (Fsp3) is 0.426. The second-order valence-corrected chi connectivity index (χ2v) is 25.6. The summed E-state index contributed by atoms with van der Waals surface area (Å²) in [5, 5.41) is 30.4. The van der Waals surface area contributed by atoms with E-state index in [1.54, 1.807) is 69.3 Å². The second kappa shape index (κ2) is 28.9. The first-order valence-electron chi connectivity index (χ1n) is 30.4. The third kappa shape index (κ3) is 16.5. The van der Waals surface area contributed by atoms with Crippen LogP contribution in [0.2, 0.25) is 0 Å². The number of carboxylic acid groups (broad SMARTS) is 1. The van der Waals surface area contributed by atoms with Crippen LogP contribution in [0.4, 0.5) is 21.0 Å². The molecule has 22 nitrogen and oxygen atoms in total. The third-order valence-corrected chi connectivity index (χ3v) is 16.7. The standard InChI is InChI=1S/C68H87N11O11/c1-38(2)52(33-40(5)64(86)87)78(13)63(85)59(67(6,7)8)76-62(84)58(70-11)68(9,10)49-37-77(12)53-35-45(27-29-47(49)53)73-66(89)90-57-46-28-26-44(34-48(46)57)72-60(82)50(22-18-32-71-65(69)88)74-61(83)56(39(3)4)75-54(80)30-31-55(81)79-36-43-21-15-14-19-41(43)24-25-42-20-16-17-23-51(42)79/h14-17,19-21,23-29,33-35,37-39,46,50,52,56,58-59,70H,18,22,30-32,36H2,1-13H3,(H,72,82)(H,73,89)(H,74,83)(H,75,80)(H,76,84)(H,86,87)(H3,69,71,88)/b25-24-,40-33+/t46?,50-,52+,56-,58-,59+/m0/s1. The summed E-state index contributed by atoms with van der Waals surface area (Å²) < 4.78 is 7.68. The first kappa shape index (κ1) is 68.2. The van der Waals surface area contributed by atoms with Crippen molar-refractivity contribution in [3.05, 3.63) is 142 Å². The number of para-hydroxylation sites is 1. The Bertz CT molecular complexity index is 3600. The van der Waals surface area contributed by atoms with Gasteiger partial charge in [-0.05, 0) is 96.7 Å². The van der Waals surface area contributed by atoms with Gasteiger partial charge in [0, 0.05) is 73.0 Å². The molecule has 0 saturated carbocycles. The van der Waals surface area contributed by atoms with Gasteiger partial charge in [-0.25, -0.2) is 14.4 Å². The monoisotopic (exact) mass is 1230 g/mol. The number of aromatic nitrogens is 1. The number of benzene rings is 3. The number of hydrogen-bond acceptors (Lipinski definition) is 11. The summed E-state index contributed by atoms with van der Waals surface area (Å²) >= 11 is 0. The van der Waals surface area contributed by atoms with E-state index in [1.807, 2.05) is 133 Å². The van der Waals surface area contributed by atoms with Gasteiger partial charge in [-0.1, -0.05) is 135 Å². The topological polar surface area (TPSA) is 305 Å². The lowest BCUT2D eigenvalue weighted by Crippen LogP contribution is -2.61. The fourth-order valence-electron chi connectivity index (χ4n) is 11.5. The number of nitrogens with zero attached hydrogens (tertiary/aromatic N) is 3. The Morgan fingerprint density at radius 3 is 2.14 bits per heavy atom. The first-order valence-corrected chi connectivity index (χ1v) is 30.4. The van der Waals surface area contributed by atoms with Crippen LogP contribution < -0.4 is 47.9 Å². The van der Waals surface area contributed by atoms with Crippen LogP contribution in [0.1, 0.15) is 117 Å². The van der Waals surface area contributed by atoms with Crippen LogP contribution in [0, 0.1) is 23.2 Å². The molecule has 90 heavy (non-hydrogen) atoms. The van der Waals surface area contributed by atoms with E-state index >= 15 is 0 Å². The number of hydrogen-bond donors (Lipinski definition) is 9. The number of anilines is 2. The highest BCUT2D eigenvalue weighted by Gasteiger charge is 2.44. The average molecular weight is 1230 g/mol. The number of aryl methyl sites for hydroxylation is 1. The summed E-state index contributed by atoms with van der Waals surface area (Å²) in [5.74, 6) is -4.35. The highest BCUT2D eigenvalue weighted by molar-refractivity contribution is 6.00. The van der Waals surface area contributed by atoms with Crippen molar-refractivity contribution in [1.82, 2.24) is 41.4 Å². The molecule has 1 unspecified atom stereocenters. The van der Waals surface area contributed by atoms with Gasteiger partial charge in [-0.3, -0.25) is 34.1 Å². The Kier molecular flexibility index (Phi) is 21.9. The van der Waals surface area contributed by atoms with Gasteiger partial charge in [0.05, 0.1) is 35.8 Å². The van der Waals surface area contributed by atoms with E-state index in [4.69, 9.17) is 10.5 Å².